The number of piperazine rings is 1. The van der Waals surface area contributed by atoms with Crippen LogP contribution in [0.5, 0.6) is 11.5 Å². The van der Waals surface area contributed by atoms with Gasteiger partial charge >= 0.3 is 6.09 Å². The predicted octanol–water partition coefficient (Wildman–Crippen LogP) is 4.92. The van der Waals surface area contributed by atoms with E-state index in [0.29, 0.717) is 23.6 Å². The highest BCUT2D eigenvalue weighted by Gasteiger charge is 2.29. The molecule has 3 aromatic carbocycles. The van der Waals surface area contributed by atoms with Gasteiger partial charge in [-0.1, -0.05) is 24.3 Å². The Balaban J connectivity index is 1.27. The van der Waals surface area contributed by atoms with E-state index >= 15 is 0 Å². The molecule has 0 bridgehead atoms. The highest BCUT2D eigenvalue weighted by Crippen LogP contribution is 2.35. The monoisotopic (exact) mass is 599 g/mol. The van der Waals surface area contributed by atoms with Crippen LogP contribution in [0.2, 0.25) is 0 Å². The molecule has 0 aromatic heterocycles. The van der Waals surface area contributed by atoms with Crippen molar-refractivity contribution in [1.29, 1.82) is 0 Å². The van der Waals surface area contributed by atoms with Crippen molar-refractivity contribution in [3.05, 3.63) is 71.8 Å². The molecule has 0 atom stereocenters. The molecule has 1 saturated carbocycles. The lowest BCUT2D eigenvalue weighted by molar-refractivity contribution is 0.0879. The second kappa shape index (κ2) is 13.2. The minimum atomic E-state index is -0.319. The summed E-state index contributed by atoms with van der Waals surface area (Å²) >= 11 is 0. The van der Waals surface area contributed by atoms with Gasteiger partial charge in [0.1, 0.15) is 0 Å². The molecule has 0 spiro atoms. The maximum atomic E-state index is 13.5. The normalized spacial score (nSPS) is 19.8. The Morgan fingerprint density at radius 1 is 0.932 bits per heavy atom. The van der Waals surface area contributed by atoms with Gasteiger partial charge in [0.05, 0.1) is 18.5 Å². The van der Waals surface area contributed by atoms with Crippen LogP contribution >= 0.6 is 0 Å². The van der Waals surface area contributed by atoms with E-state index in [-0.39, 0.29) is 30.9 Å². The van der Waals surface area contributed by atoms with Gasteiger partial charge in [0.2, 0.25) is 6.79 Å². The van der Waals surface area contributed by atoms with Gasteiger partial charge in [0, 0.05) is 50.4 Å². The third-order valence-corrected chi connectivity index (χ3v) is 8.93. The van der Waals surface area contributed by atoms with E-state index in [1.54, 1.807) is 18.2 Å². The van der Waals surface area contributed by atoms with E-state index in [1.165, 1.54) is 7.11 Å². The predicted molar refractivity (Wildman–Crippen MR) is 170 cm³/mol. The number of nitrogens with zero attached hydrogens (tertiary/aromatic N) is 3. The van der Waals surface area contributed by atoms with Gasteiger partial charge in [0.25, 0.3) is 5.91 Å². The van der Waals surface area contributed by atoms with Gasteiger partial charge in [-0.15, -0.1) is 0 Å². The SMILES string of the molecule is COC(=O)N(Cc1cccc(-c2ccc(N3CCN(C)CC3)c(NC(=O)c3ccc4c(c3)OCO4)c2)c1)C1CCC(N)CC1. The third kappa shape index (κ3) is 6.61. The first-order valence-corrected chi connectivity index (χ1v) is 15.4. The molecular weight excluding hydrogens is 558 g/mol. The number of nitrogens with two attached hydrogens (primary N) is 1. The molecule has 0 unspecified atom stereocenters. The fraction of sp³-hybridized carbons (Fsp3) is 0.412. The number of fused-ring (bicyclic) bond motifs is 1. The molecule has 3 aliphatic rings. The maximum absolute atomic E-state index is 13.5. The van der Waals surface area contributed by atoms with Crippen molar-refractivity contribution in [1.82, 2.24) is 9.80 Å². The minimum absolute atomic E-state index is 0.103. The molecule has 3 N–H and O–H groups in total. The fourth-order valence-electron chi connectivity index (χ4n) is 6.29. The van der Waals surface area contributed by atoms with Crippen molar-refractivity contribution in [2.24, 2.45) is 5.73 Å². The van der Waals surface area contributed by atoms with Crippen LogP contribution in [0.15, 0.2) is 60.7 Å². The summed E-state index contributed by atoms with van der Waals surface area (Å²) in [5.41, 5.74) is 11.3. The van der Waals surface area contributed by atoms with E-state index in [9.17, 15) is 9.59 Å². The Hall–Kier alpha value is -4.28. The zero-order valence-electron chi connectivity index (χ0n) is 25.5. The number of carbonyl (C=O) groups excluding carboxylic acids is 2. The lowest BCUT2D eigenvalue weighted by Crippen LogP contribution is -2.44. The average Bonchev–Trinajstić information content (AvgIpc) is 3.53. The topological polar surface area (TPSA) is 110 Å². The van der Waals surface area contributed by atoms with Crippen molar-refractivity contribution in [3.63, 3.8) is 0 Å². The summed E-state index contributed by atoms with van der Waals surface area (Å²) in [5.74, 6) is 0.990. The van der Waals surface area contributed by atoms with Crippen LogP contribution in [0.4, 0.5) is 16.2 Å². The van der Waals surface area contributed by atoms with Crippen LogP contribution in [-0.4, -0.2) is 81.0 Å². The van der Waals surface area contributed by atoms with Crippen LogP contribution in [0.25, 0.3) is 11.1 Å². The molecule has 10 heteroatoms. The first kappa shape index (κ1) is 29.8. The summed E-state index contributed by atoms with van der Waals surface area (Å²) in [7, 11) is 3.56. The Kier molecular flexibility index (Phi) is 8.90. The van der Waals surface area contributed by atoms with Crippen molar-refractivity contribution in [3.8, 4) is 22.6 Å². The van der Waals surface area contributed by atoms with E-state index in [2.05, 4.69) is 46.4 Å². The zero-order valence-corrected chi connectivity index (χ0v) is 25.5. The van der Waals surface area contributed by atoms with E-state index in [4.69, 9.17) is 19.9 Å². The van der Waals surface area contributed by atoms with E-state index < -0.39 is 0 Å². The quantitative estimate of drug-likeness (QED) is 0.394. The number of methoxy groups -OCH3 is 1. The zero-order chi connectivity index (χ0) is 30.6. The highest BCUT2D eigenvalue weighted by atomic mass is 16.7. The number of hydrogen-bond acceptors (Lipinski definition) is 8. The highest BCUT2D eigenvalue weighted by molar-refractivity contribution is 6.06. The fourth-order valence-corrected chi connectivity index (χ4v) is 6.29. The van der Waals surface area contributed by atoms with E-state index in [0.717, 1.165) is 79.9 Å². The summed E-state index contributed by atoms with van der Waals surface area (Å²) in [6, 6.07) is 20.0. The second-order valence-electron chi connectivity index (χ2n) is 11.9. The number of likely N-dealkylation sites (N-methyl/N-ethyl adjacent to an activating group) is 1. The minimum Gasteiger partial charge on any atom is -0.454 e. The standard InChI is InChI=1S/C34H41N5O5/c1-37-14-16-38(17-15-37)30-12-6-25(19-29(30)36-33(40)26-7-13-31-32(20-26)44-22-43-31)24-5-3-4-23(18-24)21-39(34(41)42-2)28-10-8-27(35)9-11-28/h3-7,12-13,18-20,27-28H,8-11,14-17,21-22,35H2,1-2H3,(H,36,40). The first-order chi connectivity index (χ1) is 21.4. The van der Waals surface area contributed by atoms with Gasteiger partial charge in [-0.3, -0.25) is 4.79 Å². The van der Waals surface area contributed by atoms with Gasteiger partial charge in [-0.25, -0.2) is 4.79 Å². The second-order valence-corrected chi connectivity index (χ2v) is 11.9. The van der Waals surface area contributed by atoms with Gasteiger partial charge < -0.3 is 40.0 Å². The number of benzene rings is 3. The molecule has 2 amide bonds. The molecule has 2 aliphatic heterocycles. The molecule has 10 nitrogen and oxygen atoms in total. The third-order valence-electron chi connectivity index (χ3n) is 8.93. The largest absolute Gasteiger partial charge is 0.454 e. The van der Waals surface area contributed by atoms with E-state index in [1.807, 2.05) is 23.1 Å². The van der Waals surface area contributed by atoms with Crippen molar-refractivity contribution in [2.75, 3.05) is 57.3 Å². The van der Waals surface area contributed by atoms with Crippen LogP contribution in [0.3, 0.4) is 0 Å². The number of rotatable bonds is 7. The molecule has 44 heavy (non-hydrogen) atoms. The number of anilines is 2. The molecule has 1 saturated heterocycles. The van der Waals surface area contributed by atoms with Crippen molar-refractivity contribution >= 4 is 23.4 Å². The molecule has 232 valence electrons. The molecule has 3 aromatic rings. The summed E-state index contributed by atoms with van der Waals surface area (Å²) in [5, 5.41) is 3.18. The Morgan fingerprint density at radius 3 is 2.45 bits per heavy atom. The molecular formula is C34H41N5O5. The number of nitrogens with one attached hydrogen (secondary N) is 1. The van der Waals surface area contributed by atoms with Gasteiger partial charge in [-0.05, 0) is 85.8 Å². The average molecular weight is 600 g/mol. The molecule has 2 heterocycles. The van der Waals surface area contributed by atoms with Crippen LogP contribution in [-0.2, 0) is 11.3 Å². The first-order valence-electron chi connectivity index (χ1n) is 15.4. The van der Waals surface area contributed by atoms with Gasteiger partial charge in [0.15, 0.2) is 11.5 Å². The van der Waals surface area contributed by atoms with Crippen molar-refractivity contribution < 1.29 is 23.8 Å². The molecule has 2 fully saturated rings. The number of ether oxygens (including phenoxy) is 3. The summed E-state index contributed by atoms with van der Waals surface area (Å²) in [6.07, 6.45) is 3.23. The lowest BCUT2D eigenvalue weighted by Gasteiger charge is -2.35. The summed E-state index contributed by atoms with van der Waals surface area (Å²) < 4.78 is 16.1. The molecule has 6 rings (SSSR count). The van der Waals surface area contributed by atoms with Crippen molar-refractivity contribution in [2.45, 2.75) is 44.3 Å². The summed E-state index contributed by atoms with van der Waals surface area (Å²) in [4.78, 5) is 32.7. The molecule has 0 radical (unpaired) electrons. The number of amides is 2. The smallest absolute Gasteiger partial charge is 0.410 e. The Bertz CT molecular complexity index is 1500. The molecule has 1 aliphatic carbocycles. The maximum Gasteiger partial charge on any atom is 0.410 e. The lowest BCUT2D eigenvalue weighted by atomic mass is 9.90. The van der Waals surface area contributed by atoms with Gasteiger partial charge in [-0.2, -0.15) is 0 Å². The van der Waals surface area contributed by atoms with Crippen LogP contribution in [0.1, 0.15) is 41.6 Å². The van der Waals surface area contributed by atoms with Crippen LogP contribution < -0.4 is 25.4 Å². The Labute approximate surface area is 258 Å². The Morgan fingerprint density at radius 2 is 1.68 bits per heavy atom. The van der Waals surface area contributed by atoms with Crippen LogP contribution in [0, 0.1) is 0 Å². The number of hydrogen-bond donors (Lipinski definition) is 2. The summed E-state index contributed by atoms with van der Waals surface area (Å²) in [6.45, 7) is 4.24. The number of carbonyl (C=O) groups is 2.